The first-order chi connectivity index (χ1) is 10.8. The Balaban J connectivity index is 0.00000192. The highest BCUT2D eigenvalue weighted by Crippen LogP contribution is 2.15. The zero-order valence-electron chi connectivity index (χ0n) is 12.5. The Labute approximate surface area is 145 Å². The van der Waals surface area contributed by atoms with E-state index in [0.29, 0.717) is 16.7 Å². The van der Waals surface area contributed by atoms with Gasteiger partial charge in [-0.25, -0.2) is 0 Å². The number of aromatic nitrogens is 4. The summed E-state index contributed by atoms with van der Waals surface area (Å²) >= 11 is 5.86. The minimum atomic E-state index is 0. The van der Waals surface area contributed by atoms with Crippen LogP contribution in [0.2, 0.25) is 5.02 Å². The first kappa shape index (κ1) is 17.5. The SMILES string of the molecule is Cl.O/N=C(/Cn1nnc(N2CCCCC2)n1)c1ccc(Cl)cc1. The molecule has 3 rings (SSSR count). The molecule has 0 unspecified atom stereocenters. The number of hydrogen-bond acceptors (Lipinski definition) is 6. The highest BCUT2D eigenvalue weighted by molar-refractivity contribution is 6.30. The van der Waals surface area contributed by atoms with Crippen molar-refractivity contribution in [1.29, 1.82) is 0 Å². The van der Waals surface area contributed by atoms with Crippen LogP contribution >= 0.6 is 24.0 Å². The van der Waals surface area contributed by atoms with Crippen molar-refractivity contribution < 1.29 is 5.21 Å². The maximum Gasteiger partial charge on any atom is 0.266 e. The second kappa shape index (κ2) is 8.12. The van der Waals surface area contributed by atoms with Crippen molar-refractivity contribution in [3.05, 3.63) is 34.9 Å². The van der Waals surface area contributed by atoms with Crippen LogP contribution in [0.15, 0.2) is 29.4 Å². The Morgan fingerprint density at radius 1 is 1.17 bits per heavy atom. The first-order valence-electron chi connectivity index (χ1n) is 7.26. The molecule has 0 atom stereocenters. The molecule has 1 aliphatic heterocycles. The molecule has 0 radical (unpaired) electrons. The van der Waals surface area contributed by atoms with Crippen LogP contribution in [0.1, 0.15) is 24.8 Å². The van der Waals surface area contributed by atoms with Gasteiger partial charge in [-0.05, 0) is 36.6 Å². The summed E-state index contributed by atoms with van der Waals surface area (Å²) in [6, 6.07) is 7.08. The number of benzene rings is 1. The largest absolute Gasteiger partial charge is 0.411 e. The van der Waals surface area contributed by atoms with Gasteiger partial charge in [0.15, 0.2) is 0 Å². The number of tetrazole rings is 1. The Kier molecular flexibility index (Phi) is 6.18. The summed E-state index contributed by atoms with van der Waals surface area (Å²) < 4.78 is 0. The Bertz CT molecular complexity index is 652. The second-order valence-electron chi connectivity index (χ2n) is 5.22. The third-order valence-corrected chi connectivity index (χ3v) is 3.92. The summed E-state index contributed by atoms with van der Waals surface area (Å²) in [6.45, 7) is 2.17. The normalized spacial score (nSPS) is 15.3. The standard InChI is InChI=1S/C14H17ClN6O.ClH/c15-12-6-4-11(5-7-12)13(18-22)10-21-17-14(16-19-21)20-8-2-1-3-9-20;/h4-7,22H,1-3,8-10H2;1H/b18-13-;. The number of hydrogen-bond donors (Lipinski definition) is 1. The van der Waals surface area contributed by atoms with Gasteiger partial charge in [0, 0.05) is 23.7 Å². The van der Waals surface area contributed by atoms with Crippen LogP contribution in [0.4, 0.5) is 5.95 Å². The number of piperidine rings is 1. The summed E-state index contributed by atoms with van der Waals surface area (Å²) in [5, 5.41) is 25.7. The highest BCUT2D eigenvalue weighted by atomic mass is 35.5. The molecule has 1 aliphatic rings. The lowest BCUT2D eigenvalue weighted by atomic mass is 10.1. The molecule has 1 fully saturated rings. The van der Waals surface area contributed by atoms with Gasteiger partial charge >= 0.3 is 0 Å². The Morgan fingerprint density at radius 2 is 1.87 bits per heavy atom. The molecule has 1 aromatic heterocycles. The first-order valence-corrected chi connectivity index (χ1v) is 7.63. The molecular weight excluding hydrogens is 339 g/mol. The van der Waals surface area contributed by atoms with E-state index in [1.54, 1.807) is 24.3 Å². The average molecular weight is 357 g/mol. The highest BCUT2D eigenvalue weighted by Gasteiger charge is 2.16. The van der Waals surface area contributed by atoms with E-state index in [-0.39, 0.29) is 19.0 Å². The van der Waals surface area contributed by atoms with E-state index in [9.17, 15) is 5.21 Å². The van der Waals surface area contributed by atoms with Crippen LogP contribution in [0.5, 0.6) is 0 Å². The average Bonchev–Trinajstić information content (AvgIpc) is 3.03. The van der Waals surface area contributed by atoms with Crippen LogP contribution in [0, 0.1) is 0 Å². The van der Waals surface area contributed by atoms with Gasteiger partial charge < -0.3 is 10.1 Å². The maximum absolute atomic E-state index is 9.22. The molecule has 0 aliphatic carbocycles. The lowest BCUT2D eigenvalue weighted by molar-refractivity contribution is 0.316. The fourth-order valence-corrected chi connectivity index (χ4v) is 2.61. The van der Waals surface area contributed by atoms with Crippen LogP contribution in [-0.2, 0) is 6.54 Å². The van der Waals surface area contributed by atoms with Crippen LogP contribution < -0.4 is 4.90 Å². The summed E-state index contributed by atoms with van der Waals surface area (Å²) in [7, 11) is 0. The van der Waals surface area contributed by atoms with E-state index >= 15 is 0 Å². The number of halogens is 2. The van der Waals surface area contributed by atoms with Crippen LogP contribution in [0.3, 0.4) is 0 Å². The van der Waals surface area contributed by atoms with Crippen molar-refractivity contribution in [1.82, 2.24) is 20.2 Å². The van der Waals surface area contributed by atoms with Crippen molar-refractivity contribution in [2.45, 2.75) is 25.8 Å². The summed E-state index contributed by atoms with van der Waals surface area (Å²) in [5.41, 5.74) is 1.22. The summed E-state index contributed by atoms with van der Waals surface area (Å²) in [4.78, 5) is 3.57. The summed E-state index contributed by atoms with van der Waals surface area (Å²) in [6.07, 6.45) is 3.56. The van der Waals surface area contributed by atoms with Gasteiger partial charge in [-0.3, -0.25) is 0 Å². The van der Waals surface area contributed by atoms with E-state index in [2.05, 4.69) is 25.5 Å². The molecule has 0 amide bonds. The number of oxime groups is 1. The lowest BCUT2D eigenvalue weighted by Gasteiger charge is -2.24. The quantitative estimate of drug-likeness (QED) is 0.517. The van der Waals surface area contributed by atoms with Gasteiger partial charge in [-0.1, -0.05) is 34.0 Å². The predicted molar refractivity (Wildman–Crippen MR) is 90.9 cm³/mol. The molecule has 2 aromatic rings. The van der Waals surface area contributed by atoms with E-state index in [1.165, 1.54) is 11.2 Å². The van der Waals surface area contributed by atoms with Crippen molar-refractivity contribution in [2.24, 2.45) is 5.16 Å². The van der Waals surface area contributed by atoms with E-state index in [1.807, 2.05) is 0 Å². The molecule has 0 saturated carbocycles. The third kappa shape index (κ3) is 4.33. The lowest BCUT2D eigenvalue weighted by Crippen LogP contribution is -2.30. The maximum atomic E-state index is 9.22. The topological polar surface area (TPSA) is 79.4 Å². The molecule has 1 aromatic carbocycles. The van der Waals surface area contributed by atoms with Gasteiger partial charge in [-0.15, -0.1) is 17.5 Å². The van der Waals surface area contributed by atoms with E-state index in [0.717, 1.165) is 31.5 Å². The molecular formula is C14H18Cl2N6O. The molecule has 2 heterocycles. The van der Waals surface area contributed by atoms with Gasteiger partial charge in [0.1, 0.15) is 12.3 Å². The summed E-state index contributed by atoms with van der Waals surface area (Å²) in [5.74, 6) is 0.632. The minimum Gasteiger partial charge on any atom is -0.411 e. The molecule has 7 nitrogen and oxygen atoms in total. The van der Waals surface area contributed by atoms with Gasteiger partial charge in [0.05, 0.1) is 0 Å². The monoisotopic (exact) mass is 356 g/mol. The molecule has 23 heavy (non-hydrogen) atoms. The zero-order chi connectivity index (χ0) is 15.4. The number of nitrogens with zero attached hydrogens (tertiary/aromatic N) is 6. The Morgan fingerprint density at radius 3 is 2.52 bits per heavy atom. The van der Waals surface area contributed by atoms with Gasteiger partial charge in [-0.2, -0.15) is 4.80 Å². The Hall–Kier alpha value is -1.86. The number of anilines is 1. The molecule has 1 saturated heterocycles. The van der Waals surface area contributed by atoms with Crippen molar-refractivity contribution in [3.63, 3.8) is 0 Å². The fraction of sp³-hybridized carbons (Fsp3) is 0.429. The molecule has 0 bridgehead atoms. The van der Waals surface area contributed by atoms with Gasteiger partial charge in [0.25, 0.3) is 5.95 Å². The second-order valence-corrected chi connectivity index (χ2v) is 5.66. The molecule has 124 valence electrons. The van der Waals surface area contributed by atoms with Crippen molar-refractivity contribution in [3.8, 4) is 0 Å². The predicted octanol–water partition coefficient (Wildman–Crippen LogP) is 2.62. The molecule has 1 N–H and O–H groups in total. The van der Waals surface area contributed by atoms with Crippen molar-refractivity contribution >= 4 is 35.7 Å². The zero-order valence-corrected chi connectivity index (χ0v) is 14.0. The molecule has 9 heteroatoms. The fourth-order valence-electron chi connectivity index (χ4n) is 2.48. The minimum absolute atomic E-state index is 0. The van der Waals surface area contributed by atoms with E-state index in [4.69, 9.17) is 11.6 Å². The molecule has 0 spiro atoms. The third-order valence-electron chi connectivity index (χ3n) is 3.67. The smallest absolute Gasteiger partial charge is 0.266 e. The van der Waals surface area contributed by atoms with Crippen LogP contribution in [-0.4, -0.2) is 44.2 Å². The van der Waals surface area contributed by atoms with Crippen LogP contribution in [0.25, 0.3) is 0 Å². The van der Waals surface area contributed by atoms with Crippen molar-refractivity contribution in [2.75, 3.05) is 18.0 Å². The number of rotatable bonds is 4. The van der Waals surface area contributed by atoms with Gasteiger partial charge in [0.2, 0.25) is 0 Å². The van der Waals surface area contributed by atoms with E-state index < -0.39 is 0 Å².